The number of ketones is 2. The number of methoxy groups -OCH3 is 1. The average Bonchev–Trinajstić information content (AvgIpc) is 4.43. The summed E-state index contributed by atoms with van der Waals surface area (Å²) in [4.78, 5) is 142. The monoisotopic (exact) mass is 1130 g/mol. The summed E-state index contributed by atoms with van der Waals surface area (Å²) < 4.78 is 28.7. The number of hydrogen-bond acceptors (Lipinski definition) is 18. The van der Waals surface area contributed by atoms with Crippen LogP contribution in [0.25, 0.3) is 21.3 Å². The number of ether oxygens (including phenoxy) is 3. The maximum Gasteiger partial charge on any atom is 0.309 e. The van der Waals surface area contributed by atoms with Crippen molar-refractivity contribution in [3.63, 3.8) is 0 Å². The normalized spacial score (nSPS) is 13.3. The number of aryl methyl sites for hydroxylation is 4. The summed E-state index contributed by atoms with van der Waals surface area (Å²) in [5.41, 5.74) is 8.58. The molecule has 5 N–H and O–H groups in total. The fraction of sp³-hybridized carbons (Fsp3) is 0.370. The summed E-state index contributed by atoms with van der Waals surface area (Å²) >= 11 is 1.19. The summed E-state index contributed by atoms with van der Waals surface area (Å²) in [7, 11) is 1.47. The van der Waals surface area contributed by atoms with Gasteiger partial charge in [-0.2, -0.15) is 10.1 Å². The van der Waals surface area contributed by atoms with Crippen molar-refractivity contribution in [2.45, 2.75) is 99.3 Å². The molecule has 0 aliphatic carbocycles. The highest BCUT2D eigenvalue weighted by Crippen LogP contribution is 2.33. The lowest BCUT2D eigenvalue weighted by Gasteiger charge is -2.20. The largest absolute Gasteiger partial charge is 0.494 e. The quantitative estimate of drug-likeness (QED) is 0.0185. The Morgan fingerprint density at radius 1 is 0.914 bits per heavy atom. The van der Waals surface area contributed by atoms with Crippen molar-refractivity contribution in [3.05, 3.63) is 99.3 Å². The third-order valence-corrected chi connectivity index (χ3v) is 13.7. The van der Waals surface area contributed by atoms with Crippen LogP contribution in [0.1, 0.15) is 112 Å². The maximum atomic E-state index is 13.9. The number of benzene rings is 2. The van der Waals surface area contributed by atoms with Gasteiger partial charge in [-0.25, -0.2) is 9.97 Å². The number of primary amides is 1. The zero-order chi connectivity index (χ0) is 58.8. The Labute approximate surface area is 465 Å². The van der Waals surface area contributed by atoms with Gasteiger partial charge in [0.05, 0.1) is 53.9 Å². The van der Waals surface area contributed by atoms with E-state index in [2.05, 4.69) is 25.7 Å². The van der Waals surface area contributed by atoms with Gasteiger partial charge >= 0.3 is 11.9 Å². The molecule has 0 fully saturated rings. The van der Waals surface area contributed by atoms with E-state index in [9.17, 15) is 53.1 Å². The molecule has 0 saturated heterocycles. The topological polar surface area (TPSA) is 351 Å². The molecule has 0 spiro atoms. The molecule has 7 rings (SSSR count). The number of imidazole rings is 1. The second-order valence-electron chi connectivity index (χ2n) is 18.6. The van der Waals surface area contributed by atoms with E-state index in [1.807, 2.05) is 13.8 Å². The molecular weight excluding hydrogens is 1070 g/mol. The number of nitrogens with one attached hydrogen (secondary N) is 2. The molecule has 1 aliphatic rings. The van der Waals surface area contributed by atoms with Crippen molar-refractivity contribution in [3.8, 4) is 11.5 Å². The molecular formula is C54H59N11O15S. The standard InChI is InChI=1S/C54H59N11O15S/c1-8-34-48(80-31(6)56-34)51(75)59-53-58-36-23-33(49(55)73)25-40(78-19-12-20-79-52(76)28(3)21-38(67)35(13-16-45(71)72)57-42(68)27-64-43(69)14-15-44(64)70)46(36)62(53)17-10-11-18-63-47-39(77-7)24-32(30(5)66)26-41(47)81-54(63)60-50(74)37-22-29(4)61-65(37)9-2/h10-11,14-15,22-26,28,35H,8-9,12-13,16-21,27H2,1-7H3,(H2,55,73)(H,57,68)(H,71,72)(H,58,59,75)/b11-10+,60-54?/t28-,35+/m1/s1. The number of allylic oxidation sites excluding steroid dienone is 2. The lowest BCUT2D eigenvalue weighted by atomic mass is 9.97. The number of amides is 6. The molecule has 0 radical (unpaired) electrons. The lowest BCUT2D eigenvalue weighted by molar-refractivity contribution is -0.150. The summed E-state index contributed by atoms with van der Waals surface area (Å²) in [6.45, 7) is 9.43. The first-order valence-corrected chi connectivity index (χ1v) is 26.4. The van der Waals surface area contributed by atoms with Crippen LogP contribution in [0.3, 0.4) is 0 Å². The van der Waals surface area contributed by atoms with Gasteiger partial charge < -0.3 is 43.9 Å². The van der Waals surface area contributed by atoms with Crippen LogP contribution in [0.5, 0.6) is 11.5 Å². The first-order chi connectivity index (χ1) is 38.6. The number of imide groups is 1. The highest BCUT2D eigenvalue weighted by atomic mass is 32.1. The van der Waals surface area contributed by atoms with Crippen LogP contribution in [0.4, 0.5) is 5.95 Å². The first-order valence-electron chi connectivity index (χ1n) is 25.6. The number of Topliss-reactive ketones (excluding diaryl/α,β-unsaturated/α-hetero) is 2. The third-order valence-electron chi connectivity index (χ3n) is 12.7. The number of carbonyl (C=O) groups excluding carboxylic acids is 9. The van der Waals surface area contributed by atoms with Crippen molar-refractivity contribution in [2.24, 2.45) is 16.6 Å². The Morgan fingerprint density at radius 2 is 1.62 bits per heavy atom. The molecule has 6 amide bonds. The molecule has 26 nitrogen and oxygen atoms in total. The summed E-state index contributed by atoms with van der Waals surface area (Å²) in [6, 6.07) is 6.45. The molecule has 81 heavy (non-hydrogen) atoms. The van der Waals surface area contributed by atoms with Crippen LogP contribution >= 0.6 is 11.3 Å². The van der Waals surface area contributed by atoms with Crippen molar-refractivity contribution in [1.82, 2.24) is 39.1 Å². The summed E-state index contributed by atoms with van der Waals surface area (Å²) in [5, 5.41) is 18.8. The Bertz CT molecular complexity index is 3630. The number of aliphatic carboxylic acids is 1. The molecule has 6 aromatic rings. The molecule has 5 heterocycles. The maximum absolute atomic E-state index is 13.9. The molecule has 0 bridgehead atoms. The summed E-state index contributed by atoms with van der Waals surface area (Å²) in [6.07, 6.45) is 4.69. The number of aromatic nitrogens is 6. The fourth-order valence-electron chi connectivity index (χ4n) is 8.69. The van der Waals surface area contributed by atoms with Crippen LogP contribution in [0.2, 0.25) is 0 Å². The second-order valence-corrected chi connectivity index (χ2v) is 19.6. The fourth-order valence-corrected chi connectivity index (χ4v) is 9.78. The number of fused-ring (bicyclic) bond motifs is 2. The zero-order valence-electron chi connectivity index (χ0n) is 45.4. The number of nitrogens with zero attached hydrogens (tertiary/aromatic N) is 8. The number of thiazole rings is 1. The van der Waals surface area contributed by atoms with Gasteiger partial charge in [0, 0.05) is 69.1 Å². The van der Waals surface area contributed by atoms with Crippen LogP contribution in [-0.2, 0) is 59.6 Å². The minimum absolute atomic E-state index is 0.00736. The van der Waals surface area contributed by atoms with E-state index in [1.165, 1.54) is 44.4 Å². The zero-order valence-corrected chi connectivity index (χ0v) is 46.2. The third kappa shape index (κ3) is 14.1. The first kappa shape index (κ1) is 59.3. The number of carboxylic acids is 1. The van der Waals surface area contributed by atoms with Gasteiger partial charge in [0.15, 0.2) is 22.3 Å². The number of rotatable bonds is 27. The van der Waals surface area contributed by atoms with Crippen molar-refractivity contribution in [1.29, 1.82) is 0 Å². The molecule has 2 aromatic carbocycles. The van der Waals surface area contributed by atoms with Gasteiger partial charge in [0.1, 0.15) is 34.8 Å². The van der Waals surface area contributed by atoms with E-state index in [0.717, 1.165) is 12.2 Å². The van der Waals surface area contributed by atoms with Gasteiger partial charge in [0.2, 0.25) is 23.5 Å². The number of nitrogens with two attached hydrogens (primary N) is 1. The van der Waals surface area contributed by atoms with Gasteiger partial charge in [-0.1, -0.05) is 37.3 Å². The Hall–Kier alpha value is -9.40. The average molecular weight is 1130 g/mol. The van der Waals surface area contributed by atoms with Gasteiger partial charge in [-0.3, -0.25) is 62.8 Å². The van der Waals surface area contributed by atoms with Gasteiger partial charge in [-0.05, 0) is 63.9 Å². The van der Waals surface area contributed by atoms with E-state index in [0.29, 0.717) is 61.1 Å². The molecule has 0 saturated carbocycles. The highest BCUT2D eigenvalue weighted by molar-refractivity contribution is 7.16. The van der Waals surface area contributed by atoms with Crippen LogP contribution in [-0.4, -0.2) is 131 Å². The summed E-state index contributed by atoms with van der Waals surface area (Å²) in [5.74, 6) is -7.61. The Kier molecular flexibility index (Phi) is 19.1. The number of carbonyl (C=O) groups is 10. The van der Waals surface area contributed by atoms with Crippen LogP contribution < -0.4 is 30.6 Å². The minimum atomic E-state index is -1.35. The Morgan fingerprint density at radius 3 is 2.27 bits per heavy atom. The number of hydrogen-bond donors (Lipinski definition) is 4. The van der Waals surface area contributed by atoms with Crippen molar-refractivity contribution < 1.29 is 71.7 Å². The van der Waals surface area contributed by atoms with E-state index in [1.54, 1.807) is 58.0 Å². The molecule has 2 atom stereocenters. The Balaban J connectivity index is 1.13. The predicted octanol–water partition coefficient (Wildman–Crippen LogP) is 4.18. The van der Waals surface area contributed by atoms with Crippen LogP contribution in [0, 0.1) is 19.8 Å². The highest BCUT2D eigenvalue weighted by Gasteiger charge is 2.31. The predicted molar refractivity (Wildman–Crippen MR) is 289 cm³/mol. The molecule has 1 aliphatic heterocycles. The van der Waals surface area contributed by atoms with E-state index < -0.39 is 84.5 Å². The lowest BCUT2D eigenvalue weighted by Crippen LogP contribution is -2.47. The molecule has 4 aromatic heterocycles. The molecule has 0 unspecified atom stereocenters. The number of anilines is 1. The van der Waals surface area contributed by atoms with Gasteiger partial charge in [-0.15, -0.1) is 0 Å². The number of esters is 1. The molecule has 27 heteroatoms. The number of carboxylic acid groups (broad SMARTS) is 1. The van der Waals surface area contributed by atoms with Crippen LogP contribution in [0.15, 0.2) is 64.0 Å². The van der Waals surface area contributed by atoms with E-state index >= 15 is 0 Å². The molecule has 426 valence electrons. The second kappa shape index (κ2) is 26.0. The van der Waals surface area contributed by atoms with Crippen molar-refractivity contribution >= 4 is 97.5 Å². The van der Waals surface area contributed by atoms with Gasteiger partial charge in [0.25, 0.3) is 23.6 Å². The van der Waals surface area contributed by atoms with E-state index in [4.69, 9.17) is 29.3 Å². The minimum Gasteiger partial charge on any atom is -0.494 e. The smallest absolute Gasteiger partial charge is 0.309 e. The van der Waals surface area contributed by atoms with E-state index in [-0.39, 0.29) is 85.1 Å². The SMILES string of the molecule is CCc1nc(C)oc1C(=O)Nc1nc2cc(C(N)=O)cc(OCCCOC(=O)[C@H](C)CC(=O)[C@H](CCC(=O)O)NC(=O)CN3C(=O)C=CC3=O)c2n1C/C=C/Cn1c(=NC(=O)c2cc(C)nn2CC)sc2cc(C(C)=O)cc(OC)c21. The number of oxazole rings is 1. The van der Waals surface area contributed by atoms with Crippen molar-refractivity contribution in [2.75, 3.05) is 32.2 Å².